The Kier molecular flexibility index (Phi) is 5.66. The Labute approximate surface area is 134 Å². The maximum Gasteiger partial charge on any atom is 0.321 e. The fourth-order valence-corrected chi connectivity index (χ4v) is 3.42. The number of carboxylic acid groups (broad SMARTS) is 1. The maximum absolute atomic E-state index is 11.5. The monoisotopic (exact) mass is 328 g/mol. The molecule has 7 heteroatoms. The third kappa shape index (κ3) is 4.46. The maximum atomic E-state index is 11.5. The van der Waals surface area contributed by atoms with Crippen molar-refractivity contribution in [3.8, 4) is 0 Å². The normalized spacial score (nSPS) is 18.2. The van der Waals surface area contributed by atoms with Gasteiger partial charge in [-0.05, 0) is 24.5 Å². The van der Waals surface area contributed by atoms with Gasteiger partial charge in [0.1, 0.15) is 16.1 Å². The van der Waals surface area contributed by atoms with Crippen LogP contribution in [0.25, 0.3) is 0 Å². The predicted octanol–water partition coefficient (Wildman–Crippen LogP) is 2.83. The van der Waals surface area contributed by atoms with Crippen molar-refractivity contribution in [3.05, 3.63) is 24.2 Å². The molecule has 0 spiro atoms. The molecule has 0 saturated carbocycles. The van der Waals surface area contributed by atoms with E-state index in [2.05, 4.69) is 0 Å². The summed E-state index contributed by atoms with van der Waals surface area (Å²) in [4.78, 5) is 15.5. The highest BCUT2D eigenvalue weighted by atomic mass is 32.2. The van der Waals surface area contributed by atoms with Crippen LogP contribution in [0.4, 0.5) is 0 Å². The average molecular weight is 328 g/mol. The van der Waals surface area contributed by atoms with Crippen LogP contribution in [0.2, 0.25) is 0 Å². The van der Waals surface area contributed by atoms with Gasteiger partial charge in [-0.25, -0.2) is 0 Å². The molecule has 0 bridgehead atoms. The first-order valence-electron chi connectivity index (χ1n) is 6.88. The second kappa shape index (κ2) is 7.29. The van der Waals surface area contributed by atoms with Crippen LogP contribution in [-0.4, -0.2) is 43.8 Å². The van der Waals surface area contributed by atoms with Gasteiger partial charge in [0.15, 0.2) is 0 Å². The highest BCUT2D eigenvalue weighted by Gasteiger charge is 2.32. The lowest BCUT2D eigenvalue weighted by Crippen LogP contribution is -2.51. The summed E-state index contributed by atoms with van der Waals surface area (Å²) in [5.41, 5.74) is 0. The van der Waals surface area contributed by atoms with E-state index in [9.17, 15) is 9.90 Å². The molecule has 1 saturated heterocycles. The van der Waals surface area contributed by atoms with Crippen molar-refractivity contribution in [2.75, 3.05) is 12.5 Å². The van der Waals surface area contributed by atoms with Crippen LogP contribution in [0.5, 0.6) is 0 Å². The Bertz CT molecular complexity index is 490. The first kappa shape index (κ1) is 16.3. The SMILES string of the molecule is CC(C)C[C@@H](C(=O)O)N1CSC(=S)N(Cc2ccco2)C1. The number of nitrogens with zero attached hydrogens (tertiary/aromatic N) is 2. The molecule has 0 radical (unpaired) electrons. The molecule has 116 valence electrons. The Morgan fingerprint density at radius 3 is 2.90 bits per heavy atom. The number of carboxylic acids is 1. The van der Waals surface area contributed by atoms with Gasteiger partial charge in [-0.3, -0.25) is 9.69 Å². The Morgan fingerprint density at radius 2 is 2.33 bits per heavy atom. The number of furan rings is 1. The molecular weight excluding hydrogens is 308 g/mol. The van der Waals surface area contributed by atoms with Gasteiger partial charge in [0.05, 0.1) is 25.4 Å². The van der Waals surface area contributed by atoms with Crippen LogP contribution in [0.3, 0.4) is 0 Å². The number of rotatable bonds is 6. The third-order valence-electron chi connectivity index (χ3n) is 3.31. The summed E-state index contributed by atoms with van der Waals surface area (Å²) in [6, 6.07) is 3.26. The van der Waals surface area contributed by atoms with Crippen LogP contribution in [0.15, 0.2) is 22.8 Å². The van der Waals surface area contributed by atoms with E-state index < -0.39 is 12.0 Å². The Balaban J connectivity index is 2.04. The molecule has 0 amide bonds. The van der Waals surface area contributed by atoms with Crippen molar-refractivity contribution in [1.29, 1.82) is 0 Å². The van der Waals surface area contributed by atoms with Gasteiger partial charge in [-0.15, -0.1) is 0 Å². The van der Waals surface area contributed by atoms with Crippen LogP contribution in [-0.2, 0) is 11.3 Å². The summed E-state index contributed by atoms with van der Waals surface area (Å²) >= 11 is 6.87. The van der Waals surface area contributed by atoms with Gasteiger partial charge in [-0.2, -0.15) is 0 Å². The van der Waals surface area contributed by atoms with Crippen molar-refractivity contribution < 1.29 is 14.3 Å². The van der Waals surface area contributed by atoms with Crippen molar-refractivity contribution in [2.24, 2.45) is 5.92 Å². The summed E-state index contributed by atoms with van der Waals surface area (Å²) in [5, 5.41) is 9.46. The molecule has 1 fully saturated rings. The molecule has 2 rings (SSSR count). The molecule has 1 aromatic rings. The van der Waals surface area contributed by atoms with E-state index in [0.29, 0.717) is 31.4 Å². The van der Waals surface area contributed by atoms with Crippen molar-refractivity contribution >= 4 is 34.3 Å². The number of thioether (sulfide) groups is 1. The fraction of sp³-hybridized carbons (Fsp3) is 0.571. The van der Waals surface area contributed by atoms with Crippen LogP contribution in [0.1, 0.15) is 26.0 Å². The first-order chi connectivity index (χ1) is 9.97. The van der Waals surface area contributed by atoms with E-state index >= 15 is 0 Å². The van der Waals surface area contributed by atoms with Gasteiger partial charge in [0.25, 0.3) is 0 Å². The lowest BCUT2D eigenvalue weighted by atomic mass is 10.0. The largest absolute Gasteiger partial charge is 0.480 e. The Morgan fingerprint density at radius 1 is 1.57 bits per heavy atom. The first-order valence-corrected chi connectivity index (χ1v) is 8.27. The third-order valence-corrected chi connectivity index (χ3v) is 4.89. The number of aliphatic carboxylic acids is 1. The van der Waals surface area contributed by atoms with Gasteiger partial charge in [0.2, 0.25) is 0 Å². The minimum atomic E-state index is -0.768. The van der Waals surface area contributed by atoms with Gasteiger partial charge in [-0.1, -0.05) is 37.8 Å². The topological polar surface area (TPSA) is 56.9 Å². The molecule has 1 aromatic heterocycles. The Hall–Kier alpha value is -1.05. The lowest BCUT2D eigenvalue weighted by Gasteiger charge is -2.39. The van der Waals surface area contributed by atoms with Crippen LogP contribution in [0, 0.1) is 5.92 Å². The molecule has 5 nitrogen and oxygen atoms in total. The van der Waals surface area contributed by atoms with E-state index in [4.69, 9.17) is 16.6 Å². The van der Waals surface area contributed by atoms with Crippen molar-refractivity contribution in [1.82, 2.24) is 9.80 Å². The minimum Gasteiger partial charge on any atom is -0.480 e. The van der Waals surface area contributed by atoms with E-state index in [0.717, 1.165) is 10.1 Å². The van der Waals surface area contributed by atoms with E-state index in [-0.39, 0.29) is 0 Å². The molecule has 0 unspecified atom stereocenters. The van der Waals surface area contributed by atoms with E-state index in [1.165, 1.54) is 11.8 Å². The molecule has 1 N–H and O–H groups in total. The van der Waals surface area contributed by atoms with E-state index in [1.807, 2.05) is 35.8 Å². The molecule has 0 aliphatic carbocycles. The van der Waals surface area contributed by atoms with Crippen LogP contribution < -0.4 is 0 Å². The van der Waals surface area contributed by atoms with E-state index in [1.54, 1.807) is 6.26 Å². The fourth-order valence-electron chi connectivity index (χ4n) is 2.29. The van der Waals surface area contributed by atoms with Crippen molar-refractivity contribution in [2.45, 2.75) is 32.9 Å². The lowest BCUT2D eigenvalue weighted by molar-refractivity contribution is -0.144. The minimum absolute atomic E-state index is 0.337. The highest BCUT2D eigenvalue weighted by Crippen LogP contribution is 2.25. The average Bonchev–Trinajstić information content (AvgIpc) is 2.91. The standard InChI is InChI=1S/C14H20N2O3S2/c1-10(2)6-12(13(17)18)16-8-15(14(20)21-9-16)7-11-4-3-5-19-11/h3-5,10,12H,6-9H2,1-2H3,(H,17,18)/t12-/m0/s1. The number of hydrogen-bond acceptors (Lipinski definition) is 5. The molecule has 1 atom stereocenters. The zero-order valence-corrected chi connectivity index (χ0v) is 13.8. The predicted molar refractivity (Wildman–Crippen MR) is 86.9 cm³/mol. The van der Waals surface area contributed by atoms with Gasteiger partial charge in [0, 0.05) is 0 Å². The van der Waals surface area contributed by atoms with Gasteiger partial charge < -0.3 is 14.4 Å². The zero-order valence-electron chi connectivity index (χ0n) is 12.2. The number of hydrogen-bond donors (Lipinski definition) is 1. The second-order valence-corrected chi connectivity index (χ2v) is 7.11. The summed E-state index contributed by atoms with van der Waals surface area (Å²) in [7, 11) is 0. The summed E-state index contributed by atoms with van der Waals surface area (Å²) in [6.45, 7) is 5.18. The second-order valence-electron chi connectivity index (χ2n) is 5.53. The summed E-state index contributed by atoms with van der Waals surface area (Å²) in [6.07, 6.45) is 2.27. The highest BCUT2D eigenvalue weighted by molar-refractivity contribution is 8.22. The van der Waals surface area contributed by atoms with Crippen molar-refractivity contribution in [3.63, 3.8) is 0 Å². The number of carbonyl (C=O) groups is 1. The smallest absolute Gasteiger partial charge is 0.321 e. The summed E-state index contributed by atoms with van der Waals surface area (Å²) in [5.74, 6) is 1.02. The molecule has 2 heterocycles. The number of thiocarbonyl (C=S) groups is 1. The molecule has 0 aromatic carbocycles. The zero-order chi connectivity index (χ0) is 15.4. The molecule has 1 aliphatic heterocycles. The molecule has 1 aliphatic rings. The van der Waals surface area contributed by atoms with Crippen LogP contribution >= 0.6 is 24.0 Å². The van der Waals surface area contributed by atoms with Gasteiger partial charge >= 0.3 is 5.97 Å². The molecule has 21 heavy (non-hydrogen) atoms. The molecular formula is C14H20N2O3S2. The summed E-state index contributed by atoms with van der Waals surface area (Å²) < 4.78 is 6.14. The quantitative estimate of drug-likeness (QED) is 0.806.